The van der Waals surface area contributed by atoms with Crippen LogP contribution in [0.1, 0.15) is 52.9 Å². The van der Waals surface area contributed by atoms with Crippen LogP contribution in [0.3, 0.4) is 0 Å². The van der Waals surface area contributed by atoms with E-state index in [0.29, 0.717) is 12.1 Å². The van der Waals surface area contributed by atoms with Crippen molar-refractivity contribution in [1.29, 1.82) is 0 Å². The molecule has 0 aromatic carbocycles. The third-order valence-electron chi connectivity index (χ3n) is 5.46. The first-order valence-electron chi connectivity index (χ1n) is 9.37. The molecule has 1 amide bonds. The fraction of sp³-hybridized carbons (Fsp3) is 0.944. The molecule has 3 aliphatic rings. The van der Waals surface area contributed by atoms with Crippen molar-refractivity contribution in [3.63, 3.8) is 0 Å². The molecule has 5 nitrogen and oxygen atoms in total. The standard InChI is InChI=1S/C18H33N3O2/c1-18(2,3)23-17(22)21-9-4-5-15(7-12-21)19-16-8-11-20-10-6-14(16)13-20/h14-16,19H,4-13H2,1-3H3. The Hall–Kier alpha value is -0.810. The van der Waals surface area contributed by atoms with Gasteiger partial charge in [-0.2, -0.15) is 0 Å². The molecule has 0 aromatic rings. The molecule has 3 saturated heterocycles. The van der Waals surface area contributed by atoms with Crippen LogP contribution in [0.15, 0.2) is 0 Å². The van der Waals surface area contributed by atoms with Gasteiger partial charge in [0.25, 0.3) is 0 Å². The first-order valence-corrected chi connectivity index (χ1v) is 9.37. The third kappa shape index (κ3) is 4.60. The maximum absolute atomic E-state index is 12.2. The molecule has 3 fully saturated rings. The highest BCUT2D eigenvalue weighted by Crippen LogP contribution is 2.28. The van der Waals surface area contributed by atoms with Gasteiger partial charge in [0, 0.05) is 31.7 Å². The molecule has 0 spiro atoms. The molecular formula is C18H33N3O2. The highest BCUT2D eigenvalue weighted by Gasteiger charge is 2.35. The van der Waals surface area contributed by atoms with Crippen LogP contribution in [0.4, 0.5) is 4.79 Å². The van der Waals surface area contributed by atoms with E-state index in [9.17, 15) is 4.79 Å². The first-order chi connectivity index (χ1) is 10.9. The Kier molecular flexibility index (Phi) is 5.16. The van der Waals surface area contributed by atoms with Crippen molar-refractivity contribution in [2.75, 3.05) is 32.7 Å². The molecule has 132 valence electrons. The van der Waals surface area contributed by atoms with Gasteiger partial charge in [-0.25, -0.2) is 4.79 Å². The van der Waals surface area contributed by atoms with Crippen LogP contribution < -0.4 is 5.32 Å². The molecule has 3 rings (SSSR count). The maximum atomic E-state index is 12.2. The number of likely N-dealkylation sites (tertiary alicyclic amines) is 1. The highest BCUT2D eigenvalue weighted by molar-refractivity contribution is 5.68. The molecule has 0 radical (unpaired) electrons. The summed E-state index contributed by atoms with van der Waals surface area (Å²) < 4.78 is 5.52. The molecule has 3 aliphatic heterocycles. The quantitative estimate of drug-likeness (QED) is 0.848. The largest absolute Gasteiger partial charge is 0.444 e. The van der Waals surface area contributed by atoms with Gasteiger partial charge in [0.1, 0.15) is 5.60 Å². The summed E-state index contributed by atoms with van der Waals surface area (Å²) in [5.41, 5.74) is -0.405. The second kappa shape index (κ2) is 6.98. The van der Waals surface area contributed by atoms with Crippen LogP contribution in [0.25, 0.3) is 0 Å². The maximum Gasteiger partial charge on any atom is 0.410 e. The van der Waals surface area contributed by atoms with E-state index in [2.05, 4.69) is 10.2 Å². The number of fused-ring (bicyclic) bond motifs is 2. The zero-order valence-corrected chi connectivity index (χ0v) is 15.0. The lowest BCUT2D eigenvalue weighted by atomic mass is 9.92. The molecule has 0 aliphatic carbocycles. The van der Waals surface area contributed by atoms with Crippen molar-refractivity contribution in [2.45, 2.75) is 70.6 Å². The number of nitrogens with zero attached hydrogens (tertiary/aromatic N) is 2. The molecule has 1 N–H and O–H groups in total. The highest BCUT2D eigenvalue weighted by atomic mass is 16.6. The minimum absolute atomic E-state index is 0.151. The minimum Gasteiger partial charge on any atom is -0.444 e. The topological polar surface area (TPSA) is 44.8 Å². The van der Waals surface area contributed by atoms with E-state index in [1.807, 2.05) is 25.7 Å². The van der Waals surface area contributed by atoms with Gasteiger partial charge < -0.3 is 19.9 Å². The van der Waals surface area contributed by atoms with E-state index in [1.165, 1.54) is 38.9 Å². The van der Waals surface area contributed by atoms with Gasteiger partial charge in [-0.3, -0.25) is 0 Å². The van der Waals surface area contributed by atoms with Crippen LogP contribution in [0.2, 0.25) is 0 Å². The molecule has 0 aromatic heterocycles. The summed E-state index contributed by atoms with van der Waals surface area (Å²) in [6.45, 7) is 11.3. The number of carbonyl (C=O) groups excluding carboxylic acids is 1. The second-order valence-electron chi connectivity index (χ2n) is 8.51. The van der Waals surface area contributed by atoms with Gasteiger partial charge in [-0.05, 0) is 71.9 Å². The Morgan fingerprint density at radius 1 is 1.04 bits per heavy atom. The van der Waals surface area contributed by atoms with E-state index in [-0.39, 0.29) is 6.09 Å². The Bertz CT molecular complexity index is 421. The van der Waals surface area contributed by atoms with Crippen molar-refractivity contribution in [3.8, 4) is 0 Å². The molecule has 23 heavy (non-hydrogen) atoms. The lowest BCUT2D eigenvalue weighted by Crippen LogP contribution is -2.48. The van der Waals surface area contributed by atoms with E-state index >= 15 is 0 Å². The van der Waals surface area contributed by atoms with E-state index in [4.69, 9.17) is 4.74 Å². The lowest BCUT2D eigenvalue weighted by Gasteiger charge is -2.34. The number of rotatable bonds is 2. The van der Waals surface area contributed by atoms with Crippen molar-refractivity contribution in [2.24, 2.45) is 5.92 Å². The molecular weight excluding hydrogens is 290 g/mol. The van der Waals surface area contributed by atoms with Gasteiger partial charge in [0.2, 0.25) is 0 Å². The number of piperidine rings is 1. The number of hydrogen-bond donors (Lipinski definition) is 1. The summed E-state index contributed by atoms with van der Waals surface area (Å²) in [6.07, 6.45) is 5.78. The molecule has 2 bridgehead atoms. The number of carbonyl (C=O) groups is 1. The molecule has 0 saturated carbocycles. The summed E-state index contributed by atoms with van der Waals surface area (Å²) in [7, 11) is 0. The predicted molar refractivity (Wildman–Crippen MR) is 91.5 cm³/mol. The number of nitrogens with one attached hydrogen (secondary N) is 1. The minimum atomic E-state index is -0.405. The summed E-state index contributed by atoms with van der Waals surface area (Å²) >= 11 is 0. The fourth-order valence-corrected chi connectivity index (χ4v) is 4.25. The van der Waals surface area contributed by atoms with E-state index in [1.54, 1.807) is 0 Å². The summed E-state index contributed by atoms with van der Waals surface area (Å²) in [5.74, 6) is 0.842. The summed E-state index contributed by atoms with van der Waals surface area (Å²) in [6, 6.07) is 1.24. The van der Waals surface area contributed by atoms with Crippen LogP contribution in [0.5, 0.6) is 0 Å². The average molecular weight is 323 g/mol. The number of amides is 1. The van der Waals surface area contributed by atoms with Crippen LogP contribution in [0, 0.1) is 5.92 Å². The Morgan fingerprint density at radius 2 is 1.83 bits per heavy atom. The lowest BCUT2D eigenvalue weighted by molar-refractivity contribution is 0.0255. The average Bonchev–Trinajstić information content (AvgIpc) is 2.69. The van der Waals surface area contributed by atoms with Crippen LogP contribution >= 0.6 is 0 Å². The Balaban J connectivity index is 1.47. The summed E-state index contributed by atoms with van der Waals surface area (Å²) in [4.78, 5) is 16.7. The van der Waals surface area contributed by atoms with E-state index in [0.717, 1.165) is 31.8 Å². The molecule has 4 atom stereocenters. The zero-order chi connectivity index (χ0) is 16.4. The predicted octanol–water partition coefficient (Wildman–Crippen LogP) is 2.46. The first kappa shape index (κ1) is 17.0. The van der Waals surface area contributed by atoms with Gasteiger partial charge in [0.15, 0.2) is 0 Å². The van der Waals surface area contributed by atoms with Crippen molar-refractivity contribution >= 4 is 6.09 Å². The van der Waals surface area contributed by atoms with Crippen LogP contribution in [-0.2, 0) is 4.74 Å². The Morgan fingerprint density at radius 3 is 2.61 bits per heavy atom. The second-order valence-corrected chi connectivity index (χ2v) is 8.51. The van der Waals surface area contributed by atoms with Crippen LogP contribution in [-0.4, -0.2) is 66.3 Å². The van der Waals surface area contributed by atoms with E-state index < -0.39 is 5.60 Å². The molecule has 4 unspecified atom stereocenters. The SMILES string of the molecule is CC(C)(C)OC(=O)N1CCCC(NC2CCN3CCC2C3)CC1. The fourth-order valence-electron chi connectivity index (χ4n) is 4.25. The van der Waals surface area contributed by atoms with Gasteiger partial charge in [0.05, 0.1) is 0 Å². The zero-order valence-electron chi connectivity index (χ0n) is 15.0. The van der Waals surface area contributed by atoms with Gasteiger partial charge in [-0.15, -0.1) is 0 Å². The van der Waals surface area contributed by atoms with Gasteiger partial charge >= 0.3 is 6.09 Å². The normalized spacial score (nSPS) is 35.0. The smallest absolute Gasteiger partial charge is 0.410 e. The van der Waals surface area contributed by atoms with Crippen molar-refractivity contribution in [1.82, 2.24) is 15.1 Å². The molecule has 5 heteroatoms. The Labute approximate surface area is 140 Å². The van der Waals surface area contributed by atoms with Gasteiger partial charge in [-0.1, -0.05) is 0 Å². The molecule has 3 heterocycles. The van der Waals surface area contributed by atoms with Crippen molar-refractivity contribution in [3.05, 3.63) is 0 Å². The van der Waals surface area contributed by atoms with Crippen molar-refractivity contribution < 1.29 is 9.53 Å². The summed E-state index contributed by atoms with van der Waals surface area (Å²) in [5, 5.41) is 3.93. The number of hydrogen-bond acceptors (Lipinski definition) is 4. The number of ether oxygens (including phenoxy) is 1. The monoisotopic (exact) mass is 323 g/mol. The third-order valence-corrected chi connectivity index (χ3v) is 5.46.